The highest BCUT2D eigenvalue weighted by atomic mass is 19.4. The van der Waals surface area contributed by atoms with Crippen molar-refractivity contribution in [2.45, 2.75) is 31.5 Å². The lowest BCUT2D eigenvalue weighted by molar-refractivity contribution is -0.140. The molecule has 1 heterocycles. The molecule has 0 amide bonds. The van der Waals surface area contributed by atoms with E-state index in [1.165, 1.54) is 0 Å². The predicted molar refractivity (Wildman–Crippen MR) is 57.1 cm³/mol. The molecule has 0 radical (unpaired) electrons. The summed E-state index contributed by atoms with van der Waals surface area (Å²) in [5, 5.41) is 10.2. The number of hydrogen-bond acceptors (Lipinski definition) is 3. The third kappa shape index (κ3) is 2.95. The van der Waals surface area contributed by atoms with Crippen molar-refractivity contribution in [3.8, 4) is 0 Å². The number of halogens is 3. The molecule has 0 saturated carbocycles. The first-order valence-corrected chi connectivity index (χ1v) is 5.29. The van der Waals surface area contributed by atoms with Crippen LogP contribution in [-0.4, -0.2) is 16.6 Å². The van der Waals surface area contributed by atoms with E-state index in [2.05, 4.69) is 4.98 Å². The van der Waals surface area contributed by atoms with Gasteiger partial charge in [0.25, 0.3) is 0 Å². The van der Waals surface area contributed by atoms with Crippen LogP contribution in [0.25, 0.3) is 0 Å². The summed E-state index contributed by atoms with van der Waals surface area (Å²) in [6, 6.07) is 0.853. The average molecular weight is 248 g/mol. The maximum Gasteiger partial charge on any atom is 0.416 e. The topological polar surface area (TPSA) is 59.1 Å². The third-order valence-corrected chi connectivity index (χ3v) is 2.63. The van der Waals surface area contributed by atoms with E-state index in [9.17, 15) is 18.3 Å². The summed E-state index contributed by atoms with van der Waals surface area (Å²) >= 11 is 0. The third-order valence-electron chi connectivity index (χ3n) is 2.63. The van der Waals surface area contributed by atoms with E-state index in [4.69, 9.17) is 5.73 Å². The number of aliphatic hydroxyl groups is 1. The molecule has 0 aromatic carbocycles. The second kappa shape index (κ2) is 5.01. The summed E-state index contributed by atoms with van der Waals surface area (Å²) in [5.74, 6) is 0. The van der Waals surface area contributed by atoms with Gasteiger partial charge in [-0.15, -0.1) is 0 Å². The lowest BCUT2D eigenvalue weighted by Gasteiger charge is -2.29. The smallest absolute Gasteiger partial charge is 0.384 e. The molecule has 0 bridgehead atoms. The molecule has 1 unspecified atom stereocenters. The maximum absolute atomic E-state index is 12.8. The van der Waals surface area contributed by atoms with Gasteiger partial charge in [-0.3, -0.25) is 4.98 Å². The Bertz CT molecular complexity index is 381. The Kier molecular flexibility index (Phi) is 4.11. The van der Waals surface area contributed by atoms with Crippen LogP contribution in [0.5, 0.6) is 0 Å². The Morgan fingerprint density at radius 2 is 2.00 bits per heavy atom. The number of nitrogens with two attached hydrogens (primary N) is 1. The van der Waals surface area contributed by atoms with Crippen LogP contribution in [0.2, 0.25) is 0 Å². The molecule has 0 spiro atoms. The summed E-state index contributed by atoms with van der Waals surface area (Å²) in [5.41, 5.74) is 2.59. The number of alkyl halides is 3. The fraction of sp³-hybridized carbons (Fsp3) is 0.545. The fourth-order valence-corrected chi connectivity index (χ4v) is 1.77. The van der Waals surface area contributed by atoms with Gasteiger partial charge in [-0.1, -0.05) is 13.3 Å². The summed E-state index contributed by atoms with van der Waals surface area (Å²) in [6.07, 6.45) is -1.74. The number of rotatable bonds is 4. The summed E-state index contributed by atoms with van der Waals surface area (Å²) in [7, 11) is 0. The fourth-order valence-electron chi connectivity index (χ4n) is 1.77. The van der Waals surface area contributed by atoms with Crippen molar-refractivity contribution in [2.75, 3.05) is 6.54 Å². The van der Waals surface area contributed by atoms with Gasteiger partial charge in [0, 0.05) is 24.5 Å². The zero-order valence-corrected chi connectivity index (χ0v) is 9.46. The second-order valence-corrected chi connectivity index (χ2v) is 3.90. The van der Waals surface area contributed by atoms with Crippen molar-refractivity contribution in [1.82, 2.24) is 4.98 Å². The van der Waals surface area contributed by atoms with Crippen molar-refractivity contribution in [2.24, 2.45) is 5.73 Å². The molecule has 1 atom stereocenters. The number of aromatic nitrogens is 1. The molecular weight excluding hydrogens is 233 g/mol. The summed E-state index contributed by atoms with van der Waals surface area (Å²) < 4.78 is 38.3. The molecule has 3 N–H and O–H groups in total. The van der Waals surface area contributed by atoms with Gasteiger partial charge in [0.1, 0.15) is 5.60 Å². The molecule has 3 nitrogen and oxygen atoms in total. The van der Waals surface area contributed by atoms with Crippen LogP contribution in [0.1, 0.15) is 30.9 Å². The lowest BCUT2D eigenvalue weighted by Crippen LogP contribution is -2.37. The Balaban J connectivity index is 3.29. The average Bonchev–Trinajstić information content (AvgIpc) is 2.28. The Morgan fingerprint density at radius 1 is 1.35 bits per heavy atom. The molecule has 0 aliphatic rings. The van der Waals surface area contributed by atoms with Crippen LogP contribution < -0.4 is 5.73 Å². The lowest BCUT2D eigenvalue weighted by atomic mass is 9.87. The second-order valence-electron chi connectivity index (χ2n) is 3.90. The zero-order valence-electron chi connectivity index (χ0n) is 9.46. The molecule has 96 valence electrons. The Labute approximate surface area is 97.5 Å². The molecule has 0 fully saturated rings. The largest absolute Gasteiger partial charge is 0.416 e. The van der Waals surface area contributed by atoms with Crippen LogP contribution >= 0.6 is 0 Å². The van der Waals surface area contributed by atoms with Crippen LogP contribution in [0.4, 0.5) is 13.2 Å². The Hall–Kier alpha value is -1.14. The van der Waals surface area contributed by atoms with Crippen molar-refractivity contribution in [1.29, 1.82) is 0 Å². The number of pyridine rings is 1. The van der Waals surface area contributed by atoms with Crippen LogP contribution in [-0.2, 0) is 11.8 Å². The molecule has 1 rings (SSSR count). The van der Waals surface area contributed by atoms with E-state index in [0.29, 0.717) is 6.42 Å². The first-order chi connectivity index (χ1) is 7.85. The van der Waals surface area contributed by atoms with Crippen molar-refractivity contribution in [3.05, 3.63) is 29.6 Å². The van der Waals surface area contributed by atoms with Crippen LogP contribution in [0.3, 0.4) is 0 Å². The zero-order chi connectivity index (χ0) is 13.1. The number of nitrogens with zero attached hydrogens (tertiary/aromatic N) is 1. The van der Waals surface area contributed by atoms with E-state index < -0.39 is 17.3 Å². The minimum atomic E-state index is -4.52. The van der Waals surface area contributed by atoms with E-state index in [1.807, 2.05) is 0 Å². The molecule has 0 aliphatic heterocycles. The summed E-state index contributed by atoms with van der Waals surface area (Å²) in [6.45, 7) is 1.50. The minimum Gasteiger partial charge on any atom is -0.384 e. The van der Waals surface area contributed by atoms with E-state index >= 15 is 0 Å². The van der Waals surface area contributed by atoms with Gasteiger partial charge in [0.2, 0.25) is 0 Å². The van der Waals surface area contributed by atoms with Gasteiger partial charge in [-0.25, -0.2) is 0 Å². The van der Waals surface area contributed by atoms with E-state index in [1.54, 1.807) is 6.92 Å². The van der Waals surface area contributed by atoms with E-state index in [0.717, 1.165) is 18.5 Å². The highest BCUT2D eigenvalue weighted by Gasteiger charge is 2.39. The van der Waals surface area contributed by atoms with Crippen LogP contribution in [0, 0.1) is 0 Å². The molecular formula is C11H15F3N2O. The van der Waals surface area contributed by atoms with Gasteiger partial charge in [-0.2, -0.15) is 13.2 Å². The molecule has 0 saturated heterocycles. The highest BCUT2D eigenvalue weighted by Crippen LogP contribution is 2.37. The quantitative estimate of drug-likeness (QED) is 0.857. The standard InChI is InChI=1S/C11H15F3N2O/c1-2-4-10(17,7-15)9-6-16-5-3-8(9)11(12,13)14/h3,5-6,17H,2,4,7,15H2,1H3. The normalized spacial score (nSPS) is 15.6. The first-order valence-electron chi connectivity index (χ1n) is 5.29. The molecule has 1 aromatic heterocycles. The van der Waals surface area contributed by atoms with Crippen LogP contribution in [0.15, 0.2) is 18.5 Å². The van der Waals surface area contributed by atoms with Crippen molar-refractivity contribution >= 4 is 0 Å². The van der Waals surface area contributed by atoms with Gasteiger partial charge in [-0.05, 0) is 12.5 Å². The van der Waals surface area contributed by atoms with Crippen molar-refractivity contribution in [3.63, 3.8) is 0 Å². The summed E-state index contributed by atoms with van der Waals surface area (Å²) in [4.78, 5) is 3.64. The maximum atomic E-state index is 12.8. The molecule has 6 heteroatoms. The first kappa shape index (κ1) is 13.9. The van der Waals surface area contributed by atoms with Gasteiger partial charge >= 0.3 is 6.18 Å². The van der Waals surface area contributed by atoms with E-state index in [-0.39, 0.29) is 18.5 Å². The number of hydrogen-bond donors (Lipinski definition) is 2. The molecule has 1 aromatic rings. The van der Waals surface area contributed by atoms with Gasteiger partial charge in [0.15, 0.2) is 0 Å². The Morgan fingerprint density at radius 3 is 2.47 bits per heavy atom. The minimum absolute atomic E-state index is 0.165. The van der Waals surface area contributed by atoms with Gasteiger partial charge < -0.3 is 10.8 Å². The van der Waals surface area contributed by atoms with Gasteiger partial charge in [0.05, 0.1) is 5.56 Å². The molecule has 0 aliphatic carbocycles. The molecule has 17 heavy (non-hydrogen) atoms. The monoisotopic (exact) mass is 248 g/mol. The van der Waals surface area contributed by atoms with Crippen molar-refractivity contribution < 1.29 is 18.3 Å². The predicted octanol–water partition coefficient (Wildman–Crippen LogP) is 2.05. The highest BCUT2D eigenvalue weighted by molar-refractivity contribution is 5.32. The SMILES string of the molecule is CCCC(O)(CN)c1cnccc1C(F)(F)F.